The molecule has 0 fully saturated rings. The van der Waals surface area contributed by atoms with E-state index in [1.165, 1.54) is 30.7 Å². The lowest BCUT2D eigenvalue weighted by molar-refractivity contribution is 0.420. The number of aromatic nitrogens is 4. The van der Waals surface area contributed by atoms with E-state index in [9.17, 15) is 4.39 Å². The van der Waals surface area contributed by atoms with Crippen LogP contribution in [0.15, 0.2) is 53.5 Å². The zero-order valence-electron chi connectivity index (χ0n) is 12.2. The van der Waals surface area contributed by atoms with Gasteiger partial charge in [-0.25, -0.2) is 8.91 Å². The fourth-order valence-corrected chi connectivity index (χ4v) is 2.13. The Hall–Kier alpha value is -3.62. The maximum Gasteiger partial charge on any atom is 0.248 e. The molecule has 1 aromatic carbocycles. The molecular formula is C15H11FN6O2. The molecule has 0 aliphatic carbocycles. The van der Waals surface area contributed by atoms with E-state index in [0.717, 1.165) is 0 Å². The number of hydrogen-bond donors (Lipinski definition) is 2. The van der Waals surface area contributed by atoms with Gasteiger partial charge in [-0.1, -0.05) is 5.16 Å². The molecule has 9 heteroatoms. The van der Waals surface area contributed by atoms with Crippen molar-refractivity contribution in [2.24, 2.45) is 0 Å². The van der Waals surface area contributed by atoms with Gasteiger partial charge < -0.3 is 20.3 Å². The second kappa shape index (κ2) is 5.54. The number of nitrogen functional groups attached to an aromatic ring is 1. The summed E-state index contributed by atoms with van der Waals surface area (Å²) in [5.41, 5.74) is 7.21. The number of anilines is 3. The van der Waals surface area contributed by atoms with Crippen LogP contribution in [0.3, 0.4) is 0 Å². The van der Waals surface area contributed by atoms with Crippen LogP contribution in [0.1, 0.15) is 0 Å². The summed E-state index contributed by atoms with van der Waals surface area (Å²) in [6.07, 6.45) is 4.60. The van der Waals surface area contributed by atoms with E-state index in [-0.39, 0.29) is 17.6 Å². The quantitative estimate of drug-likeness (QED) is 0.556. The molecule has 3 heterocycles. The molecule has 24 heavy (non-hydrogen) atoms. The van der Waals surface area contributed by atoms with Crippen molar-refractivity contribution < 1.29 is 13.7 Å². The van der Waals surface area contributed by atoms with Gasteiger partial charge in [-0.05, 0) is 24.3 Å². The number of fused-ring (bicyclic) bond motifs is 1. The summed E-state index contributed by atoms with van der Waals surface area (Å²) in [7, 11) is 0. The molecule has 120 valence electrons. The van der Waals surface area contributed by atoms with Crippen molar-refractivity contribution in [3.05, 3.63) is 54.8 Å². The summed E-state index contributed by atoms with van der Waals surface area (Å²) in [6, 6.07) is 7.61. The highest BCUT2D eigenvalue weighted by atomic mass is 19.1. The van der Waals surface area contributed by atoms with Crippen LogP contribution in [0.4, 0.5) is 21.7 Å². The average molecular weight is 326 g/mol. The Balaban J connectivity index is 1.75. The summed E-state index contributed by atoms with van der Waals surface area (Å²) in [5, 5.41) is 10.8. The van der Waals surface area contributed by atoms with Gasteiger partial charge in [0.2, 0.25) is 11.8 Å². The minimum atomic E-state index is -0.541. The normalized spacial score (nSPS) is 10.9. The SMILES string of the molecule is Nc1ccc(F)c(Oc2nc(Nc3cnoc3)nn3cccc23)c1. The number of ether oxygens (including phenoxy) is 1. The summed E-state index contributed by atoms with van der Waals surface area (Å²) in [4.78, 5) is 4.27. The largest absolute Gasteiger partial charge is 0.434 e. The third kappa shape index (κ3) is 2.58. The Morgan fingerprint density at radius 1 is 1.29 bits per heavy atom. The standard InChI is InChI=1S/C15H11FN6O2/c16-11-4-3-9(17)6-13(11)24-14-12-2-1-5-22(12)21-15(20-14)19-10-7-18-23-8-10/h1-8H,17H2,(H,19,21). The van der Waals surface area contributed by atoms with Crippen LogP contribution in [0.2, 0.25) is 0 Å². The van der Waals surface area contributed by atoms with Gasteiger partial charge in [0.15, 0.2) is 11.6 Å². The molecule has 8 nitrogen and oxygen atoms in total. The molecule has 0 spiro atoms. The van der Waals surface area contributed by atoms with Gasteiger partial charge in [-0.2, -0.15) is 4.98 Å². The molecule has 4 aromatic rings. The van der Waals surface area contributed by atoms with Gasteiger partial charge in [0.1, 0.15) is 17.5 Å². The molecule has 0 aliphatic rings. The van der Waals surface area contributed by atoms with Crippen LogP contribution < -0.4 is 15.8 Å². The first-order valence-corrected chi connectivity index (χ1v) is 6.94. The maximum absolute atomic E-state index is 13.9. The van der Waals surface area contributed by atoms with Crippen LogP contribution in [0.5, 0.6) is 11.6 Å². The van der Waals surface area contributed by atoms with Crippen molar-refractivity contribution in [3.63, 3.8) is 0 Å². The topological polar surface area (TPSA) is 104 Å². The van der Waals surface area contributed by atoms with Gasteiger partial charge in [0.05, 0.1) is 6.20 Å². The molecular weight excluding hydrogens is 315 g/mol. The number of benzene rings is 1. The first-order valence-electron chi connectivity index (χ1n) is 6.94. The predicted molar refractivity (Wildman–Crippen MR) is 83.7 cm³/mol. The van der Waals surface area contributed by atoms with E-state index in [0.29, 0.717) is 16.9 Å². The Bertz CT molecular complexity index is 999. The minimum absolute atomic E-state index is 0.0206. The summed E-state index contributed by atoms with van der Waals surface area (Å²) >= 11 is 0. The molecule has 0 atom stereocenters. The highest BCUT2D eigenvalue weighted by Gasteiger charge is 2.13. The van der Waals surface area contributed by atoms with Gasteiger partial charge in [0.25, 0.3) is 0 Å². The van der Waals surface area contributed by atoms with Gasteiger partial charge in [0, 0.05) is 18.0 Å². The lowest BCUT2D eigenvalue weighted by atomic mass is 10.3. The molecule has 4 rings (SSSR count). The first-order chi connectivity index (χ1) is 11.7. The van der Waals surface area contributed by atoms with Gasteiger partial charge >= 0.3 is 0 Å². The zero-order valence-corrected chi connectivity index (χ0v) is 12.2. The molecule has 3 N–H and O–H groups in total. The predicted octanol–water partition coefficient (Wildman–Crippen LogP) is 2.97. The number of halogens is 1. The number of nitrogens with two attached hydrogens (primary N) is 1. The van der Waals surface area contributed by atoms with E-state index in [1.807, 2.05) is 0 Å². The second-order valence-corrected chi connectivity index (χ2v) is 4.91. The van der Waals surface area contributed by atoms with E-state index in [1.54, 1.807) is 22.8 Å². The Labute approximate surface area is 134 Å². The van der Waals surface area contributed by atoms with E-state index in [4.69, 9.17) is 15.0 Å². The second-order valence-electron chi connectivity index (χ2n) is 4.91. The van der Waals surface area contributed by atoms with Crippen molar-refractivity contribution >= 4 is 22.8 Å². The van der Waals surface area contributed by atoms with Gasteiger partial charge in [-0.3, -0.25) is 0 Å². The van der Waals surface area contributed by atoms with Crippen molar-refractivity contribution in [1.29, 1.82) is 0 Å². The van der Waals surface area contributed by atoms with Gasteiger partial charge in [-0.15, -0.1) is 5.10 Å². The lowest BCUT2D eigenvalue weighted by Crippen LogP contribution is -2.04. The van der Waals surface area contributed by atoms with E-state index >= 15 is 0 Å². The lowest BCUT2D eigenvalue weighted by Gasteiger charge is -2.10. The third-order valence-corrected chi connectivity index (χ3v) is 3.21. The Morgan fingerprint density at radius 3 is 3.04 bits per heavy atom. The highest BCUT2D eigenvalue weighted by Crippen LogP contribution is 2.29. The number of hydrogen-bond acceptors (Lipinski definition) is 7. The molecule has 0 saturated heterocycles. The zero-order chi connectivity index (χ0) is 16.5. The average Bonchev–Trinajstić information content (AvgIpc) is 3.22. The Morgan fingerprint density at radius 2 is 2.21 bits per heavy atom. The molecule has 0 bridgehead atoms. The van der Waals surface area contributed by atoms with Crippen LogP contribution in [0.25, 0.3) is 5.52 Å². The van der Waals surface area contributed by atoms with Crippen molar-refractivity contribution in [1.82, 2.24) is 19.8 Å². The fourth-order valence-electron chi connectivity index (χ4n) is 2.13. The van der Waals surface area contributed by atoms with Crippen molar-refractivity contribution in [3.8, 4) is 11.6 Å². The fraction of sp³-hybridized carbons (Fsp3) is 0. The van der Waals surface area contributed by atoms with E-state index < -0.39 is 5.82 Å². The molecule has 0 saturated carbocycles. The minimum Gasteiger partial charge on any atom is -0.434 e. The number of rotatable bonds is 4. The third-order valence-electron chi connectivity index (χ3n) is 3.21. The van der Waals surface area contributed by atoms with E-state index in [2.05, 4.69) is 20.6 Å². The van der Waals surface area contributed by atoms with Crippen LogP contribution >= 0.6 is 0 Å². The van der Waals surface area contributed by atoms with Crippen LogP contribution in [-0.2, 0) is 0 Å². The molecule has 0 aliphatic heterocycles. The Kier molecular flexibility index (Phi) is 3.23. The van der Waals surface area contributed by atoms with Crippen LogP contribution in [0, 0.1) is 5.82 Å². The monoisotopic (exact) mass is 326 g/mol. The molecule has 0 amide bonds. The summed E-state index contributed by atoms with van der Waals surface area (Å²) in [5.74, 6) is -0.145. The first kappa shape index (κ1) is 14.0. The van der Waals surface area contributed by atoms with Crippen molar-refractivity contribution in [2.75, 3.05) is 11.1 Å². The van der Waals surface area contributed by atoms with Crippen LogP contribution in [-0.4, -0.2) is 19.8 Å². The summed E-state index contributed by atoms with van der Waals surface area (Å²) in [6.45, 7) is 0. The maximum atomic E-state index is 13.9. The smallest absolute Gasteiger partial charge is 0.248 e. The molecule has 0 unspecified atom stereocenters. The van der Waals surface area contributed by atoms with Crippen molar-refractivity contribution in [2.45, 2.75) is 0 Å². The highest BCUT2D eigenvalue weighted by molar-refractivity contribution is 5.61. The molecule has 3 aromatic heterocycles. The summed E-state index contributed by atoms with van der Waals surface area (Å²) < 4.78 is 25.8. The molecule has 0 radical (unpaired) electrons. The number of nitrogens with zero attached hydrogens (tertiary/aromatic N) is 4. The number of nitrogens with one attached hydrogen (secondary N) is 1.